The van der Waals surface area contributed by atoms with Gasteiger partial charge in [0.2, 0.25) is 0 Å². The van der Waals surface area contributed by atoms with E-state index in [9.17, 15) is 4.39 Å². The molecule has 0 amide bonds. The van der Waals surface area contributed by atoms with E-state index >= 15 is 0 Å². The summed E-state index contributed by atoms with van der Waals surface area (Å²) < 4.78 is 23.4. The topological polar surface area (TPSA) is 43.4 Å². The molecule has 1 N–H and O–H groups in total. The normalized spacial score (nSPS) is 10.8. The molecular weight excluding hydrogens is 291 g/mol. The lowest BCUT2D eigenvalue weighted by atomic mass is 10.3. The first kappa shape index (κ1) is 15.9. The number of halogens is 1. The number of aryl methyl sites for hydroxylation is 1. The maximum Gasteiger partial charge on any atom is 0.140 e. The van der Waals surface area contributed by atoms with Gasteiger partial charge in [-0.1, -0.05) is 0 Å². The third-order valence-electron chi connectivity index (χ3n) is 2.88. The Bertz CT molecular complexity index is 557. The van der Waals surface area contributed by atoms with Crippen molar-refractivity contribution in [3.63, 3.8) is 0 Å². The van der Waals surface area contributed by atoms with E-state index in [0.717, 1.165) is 23.8 Å². The van der Waals surface area contributed by atoms with Gasteiger partial charge in [0.1, 0.15) is 23.2 Å². The number of ether oxygens (including phenoxy) is 2. The van der Waals surface area contributed by atoms with Crippen molar-refractivity contribution in [1.82, 2.24) is 10.3 Å². The lowest BCUT2D eigenvalue weighted by Gasteiger charge is -2.03. The molecule has 0 aliphatic rings. The summed E-state index contributed by atoms with van der Waals surface area (Å²) in [4.78, 5) is 5.69. The van der Waals surface area contributed by atoms with Crippen LogP contribution in [0.3, 0.4) is 0 Å². The van der Waals surface area contributed by atoms with Gasteiger partial charge in [0.25, 0.3) is 0 Å². The second-order valence-electron chi connectivity index (χ2n) is 4.53. The summed E-state index contributed by atoms with van der Waals surface area (Å²) in [5.41, 5.74) is 1.02. The summed E-state index contributed by atoms with van der Waals surface area (Å²) in [7, 11) is 1.69. The number of rotatable bonds is 8. The highest BCUT2D eigenvalue weighted by atomic mass is 32.1. The maximum absolute atomic E-state index is 12.8. The summed E-state index contributed by atoms with van der Waals surface area (Å²) >= 11 is 1.63. The van der Waals surface area contributed by atoms with E-state index in [4.69, 9.17) is 9.47 Å². The van der Waals surface area contributed by atoms with E-state index in [1.807, 2.05) is 6.92 Å². The fourth-order valence-electron chi connectivity index (χ4n) is 1.77. The first-order valence-electron chi connectivity index (χ1n) is 6.72. The molecule has 0 saturated heterocycles. The number of aromatic nitrogens is 1. The minimum atomic E-state index is -0.267. The zero-order chi connectivity index (χ0) is 15.1. The Kier molecular flexibility index (Phi) is 6.10. The summed E-state index contributed by atoms with van der Waals surface area (Å²) in [5.74, 6) is 0.376. The molecule has 0 radical (unpaired) electrons. The Labute approximate surface area is 127 Å². The zero-order valence-electron chi connectivity index (χ0n) is 12.2. The van der Waals surface area contributed by atoms with Crippen molar-refractivity contribution in [1.29, 1.82) is 0 Å². The van der Waals surface area contributed by atoms with E-state index < -0.39 is 0 Å². The highest BCUT2D eigenvalue weighted by Crippen LogP contribution is 2.20. The quantitative estimate of drug-likeness (QED) is 0.761. The molecule has 4 nitrogen and oxygen atoms in total. The number of hydrogen-bond donors (Lipinski definition) is 1. The number of nitrogens with one attached hydrogen (secondary N) is 1. The zero-order valence-corrected chi connectivity index (χ0v) is 13.0. The van der Waals surface area contributed by atoms with Crippen LogP contribution in [-0.4, -0.2) is 25.2 Å². The lowest BCUT2D eigenvalue weighted by molar-refractivity contribution is 0.199. The molecule has 0 unspecified atom stereocenters. The van der Waals surface area contributed by atoms with Crippen LogP contribution in [0.5, 0.6) is 5.75 Å². The Morgan fingerprint density at radius 3 is 2.76 bits per heavy atom. The minimum Gasteiger partial charge on any atom is -0.486 e. The van der Waals surface area contributed by atoms with Crippen molar-refractivity contribution in [2.24, 2.45) is 0 Å². The van der Waals surface area contributed by atoms with Crippen molar-refractivity contribution in [2.45, 2.75) is 20.1 Å². The summed E-state index contributed by atoms with van der Waals surface area (Å²) in [6.45, 7) is 4.68. The lowest BCUT2D eigenvalue weighted by Crippen LogP contribution is -2.18. The third-order valence-corrected chi connectivity index (χ3v) is 4.01. The van der Waals surface area contributed by atoms with Crippen molar-refractivity contribution < 1.29 is 13.9 Å². The molecule has 6 heteroatoms. The molecule has 2 rings (SSSR count). The molecule has 21 heavy (non-hydrogen) atoms. The van der Waals surface area contributed by atoms with Gasteiger partial charge in [-0.15, -0.1) is 11.3 Å². The summed E-state index contributed by atoms with van der Waals surface area (Å²) in [5, 5.41) is 4.22. The fourth-order valence-corrected chi connectivity index (χ4v) is 2.72. The van der Waals surface area contributed by atoms with Crippen molar-refractivity contribution in [3.8, 4) is 5.75 Å². The van der Waals surface area contributed by atoms with Crippen LogP contribution >= 0.6 is 11.3 Å². The van der Waals surface area contributed by atoms with E-state index in [0.29, 0.717) is 19.0 Å². The monoisotopic (exact) mass is 310 g/mol. The molecule has 0 aliphatic heterocycles. The molecule has 0 bridgehead atoms. The summed E-state index contributed by atoms with van der Waals surface area (Å²) in [6.07, 6.45) is 0. The average Bonchev–Trinajstić information content (AvgIpc) is 2.83. The van der Waals surface area contributed by atoms with Crippen molar-refractivity contribution >= 4 is 11.3 Å². The van der Waals surface area contributed by atoms with Crippen LogP contribution < -0.4 is 10.1 Å². The van der Waals surface area contributed by atoms with Crippen molar-refractivity contribution in [3.05, 3.63) is 45.7 Å². The molecule has 0 aliphatic carbocycles. The van der Waals surface area contributed by atoms with Gasteiger partial charge in [0.05, 0.1) is 12.3 Å². The van der Waals surface area contributed by atoms with E-state index in [2.05, 4.69) is 10.3 Å². The average molecular weight is 310 g/mol. The van der Waals surface area contributed by atoms with Crippen LogP contribution in [0.25, 0.3) is 0 Å². The second-order valence-corrected chi connectivity index (χ2v) is 5.70. The van der Waals surface area contributed by atoms with Crippen LogP contribution in [0.15, 0.2) is 24.3 Å². The van der Waals surface area contributed by atoms with Crippen LogP contribution in [-0.2, 0) is 17.9 Å². The van der Waals surface area contributed by atoms with Gasteiger partial charge in [-0.3, -0.25) is 0 Å². The highest BCUT2D eigenvalue weighted by Gasteiger charge is 2.08. The second kappa shape index (κ2) is 8.07. The standard InChI is InChI=1S/C15H19FN2O2S/c1-11-14(9-17-7-8-19-2)21-15(18-11)10-20-13-5-3-12(16)4-6-13/h3-6,17H,7-10H2,1-2H3. The molecule has 0 spiro atoms. The van der Waals surface area contributed by atoms with Crippen molar-refractivity contribution in [2.75, 3.05) is 20.3 Å². The molecule has 1 aromatic heterocycles. The molecule has 1 aromatic carbocycles. The molecule has 0 fully saturated rings. The molecule has 1 heterocycles. The van der Waals surface area contributed by atoms with Gasteiger partial charge < -0.3 is 14.8 Å². The maximum atomic E-state index is 12.8. The predicted octanol–water partition coefficient (Wildman–Crippen LogP) is 2.91. The van der Waals surface area contributed by atoms with Gasteiger partial charge in [-0.2, -0.15) is 0 Å². The van der Waals surface area contributed by atoms with E-state index in [-0.39, 0.29) is 5.82 Å². The van der Waals surface area contributed by atoms with E-state index in [1.165, 1.54) is 17.0 Å². The SMILES string of the molecule is COCCNCc1sc(COc2ccc(F)cc2)nc1C. The Morgan fingerprint density at radius 2 is 2.05 bits per heavy atom. The largest absolute Gasteiger partial charge is 0.486 e. The predicted molar refractivity (Wildman–Crippen MR) is 81.2 cm³/mol. The summed E-state index contributed by atoms with van der Waals surface area (Å²) in [6, 6.07) is 5.99. The molecule has 0 atom stereocenters. The number of hydrogen-bond acceptors (Lipinski definition) is 5. The fraction of sp³-hybridized carbons (Fsp3) is 0.400. The van der Waals surface area contributed by atoms with Gasteiger partial charge in [-0.05, 0) is 31.2 Å². The molecule has 114 valence electrons. The Morgan fingerprint density at radius 1 is 1.29 bits per heavy atom. The molecular formula is C15H19FN2O2S. The number of methoxy groups -OCH3 is 1. The highest BCUT2D eigenvalue weighted by molar-refractivity contribution is 7.11. The Balaban J connectivity index is 1.85. The van der Waals surface area contributed by atoms with E-state index in [1.54, 1.807) is 30.6 Å². The van der Waals surface area contributed by atoms with Crippen LogP contribution in [0.4, 0.5) is 4.39 Å². The van der Waals surface area contributed by atoms with Gasteiger partial charge in [-0.25, -0.2) is 9.37 Å². The van der Waals surface area contributed by atoms with Crippen LogP contribution in [0.2, 0.25) is 0 Å². The van der Waals surface area contributed by atoms with Gasteiger partial charge in [0.15, 0.2) is 0 Å². The molecule has 0 saturated carbocycles. The number of benzene rings is 1. The van der Waals surface area contributed by atoms with Crippen LogP contribution in [0.1, 0.15) is 15.6 Å². The minimum absolute atomic E-state index is 0.267. The smallest absolute Gasteiger partial charge is 0.140 e. The number of nitrogens with zero attached hydrogens (tertiary/aromatic N) is 1. The van der Waals surface area contributed by atoms with Gasteiger partial charge >= 0.3 is 0 Å². The third kappa shape index (κ3) is 5.08. The first-order valence-corrected chi connectivity index (χ1v) is 7.54. The number of thiazole rings is 1. The van der Waals surface area contributed by atoms with Gasteiger partial charge in [0, 0.05) is 25.1 Å². The Hall–Kier alpha value is -1.50. The molecule has 2 aromatic rings. The first-order chi connectivity index (χ1) is 10.2. The van der Waals surface area contributed by atoms with Crippen LogP contribution in [0, 0.1) is 12.7 Å².